The van der Waals surface area contributed by atoms with Gasteiger partial charge in [-0.05, 0) is 29.8 Å². The number of anilines is 1. The van der Waals surface area contributed by atoms with E-state index in [9.17, 15) is 0 Å². The van der Waals surface area contributed by atoms with Gasteiger partial charge in [0, 0.05) is 42.2 Å². The first-order valence-corrected chi connectivity index (χ1v) is 9.18. The van der Waals surface area contributed by atoms with E-state index in [-0.39, 0.29) is 0 Å². The van der Waals surface area contributed by atoms with Gasteiger partial charge in [-0.15, -0.1) is 0 Å². The number of halogens is 2. The second-order valence-corrected chi connectivity index (χ2v) is 6.97. The molecule has 134 valence electrons. The molecule has 0 atom stereocenters. The van der Waals surface area contributed by atoms with Gasteiger partial charge in [0.2, 0.25) is 0 Å². The summed E-state index contributed by atoms with van der Waals surface area (Å²) >= 11 is 12.6. The van der Waals surface area contributed by atoms with E-state index in [2.05, 4.69) is 26.3 Å². The van der Waals surface area contributed by atoms with Crippen molar-refractivity contribution >= 4 is 39.9 Å². The summed E-state index contributed by atoms with van der Waals surface area (Å²) in [5, 5.41) is 5.65. The van der Waals surface area contributed by atoms with Crippen LogP contribution in [0.5, 0.6) is 6.01 Å². The van der Waals surface area contributed by atoms with E-state index in [1.807, 2.05) is 30.3 Å². The van der Waals surface area contributed by atoms with Crippen LogP contribution in [0.2, 0.25) is 10.0 Å². The Morgan fingerprint density at radius 3 is 2.46 bits per heavy atom. The third kappa shape index (κ3) is 3.30. The summed E-state index contributed by atoms with van der Waals surface area (Å²) in [7, 11) is 1.58. The minimum atomic E-state index is 0.348. The van der Waals surface area contributed by atoms with Gasteiger partial charge in [0.05, 0.1) is 17.6 Å². The number of benzene rings is 2. The molecule has 1 fully saturated rings. The Morgan fingerprint density at radius 1 is 1.04 bits per heavy atom. The van der Waals surface area contributed by atoms with Crippen LogP contribution in [0.3, 0.4) is 0 Å². The van der Waals surface area contributed by atoms with E-state index in [0.717, 1.165) is 54.0 Å². The maximum absolute atomic E-state index is 6.55. The van der Waals surface area contributed by atoms with Crippen molar-refractivity contribution in [3.05, 3.63) is 46.4 Å². The van der Waals surface area contributed by atoms with Gasteiger partial charge in [0.25, 0.3) is 0 Å². The normalized spacial score (nSPS) is 14.7. The summed E-state index contributed by atoms with van der Waals surface area (Å²) < 4.78 is 5.30. The third-order valence-corrected chi connectivity index (χ3v) is 5.06. The molecule has 1 aliphatic heterocycles. The van der Waals surface area contributed by atoms with Crippen LogP contribution in [0.1, 0.15) is 0 Å². The van der Waals surface area contributed by atoms with E-state index in [4.69, 9.17) is 27.9 Å². The molecule has 1 saturated heterocycles. The number of hydrogen-bond donors (Lipinski definition) is 1. The molecule has 1 aliphatic rings. The first-order chi connectivity index (χ1) is 12.7. The molecule has 7 heteroatoms. The van der Waals surface area contributed by atoms with Crippen molar-refractivity contribution in [2.24, 2.45) is 0 Å². The largest absolute Gasteiger partial charge is 0.467 e. The summed E-state index contributed by atoms with van der Waals surface area (Å²) in [6, 6.07) is 11.9. The number of aromatic nitrogens is 2. The summed E-state index contributed by atoms with van der Waals surface area (Å²) in [6.07, 6.45) is 0. The number of nitrogens with zero attached hydrogens (tertiary/aromatic N) is 3. The lowest BCUT2D eigenvalue weighted by atomic mass is 10.0. The highest BCUT2D eigenvalue weighted by Crippen LogP contribution is 2.36. The SMILES string of the molecule is COc1nc(N2CCNCC2)c2cc(-c3ccc(Cl)cc3)c(Cl)cc2n1. The van der Waals surface area contributed by atoms with Gasteiger partial charge in [-0.3, -0.25) is 0 Å². The molecule has 2 aromatic carbocycles. The smallest absolute Gasteiger partial charge is 0.318 e. The topological polar surface area (TPSA) is 50.3 Å². The Bertz CT molecular complexity index is 940. The van der Waals surface area contributed by atoms with E-state index in [0.29, 0.717) is 16.1 Å². The van der Waals surface area contributed by atoms with Crippen LogP contribution >= 0.6 is 23.2 Å². The van der Waals surface area contributed by atoms with Gasteiger partial charge in [-0.25, -0.2) is 0 Å². The molecule has 1 aromatic heterocycles. The standard InChI is InChI=1S/C19H18Cl2N4O/c1-26-19-23-17-11-16(21)14(12-2-4-13(20)5-3-12)10-15(17)18(24-19)25-8-6-22-7-9-25/h2-5,10-11,22H,6-9H2,1H3. The van der Waals surface area contributed by atoms with E-state index in [1.54, 1.807) is 7.11 Å². The number of hydrogen-bond acceptors (Lipinski definition) is 5. The molecule has 0 radical (unpaired) electrons. The molecular weight excluding hydrogens is 371 g/mol. The molecule has 0 spiro atoms. The van der Waals surface area contributed by atoms with Crippen LogP contribution in [0, 0.1) is 0 Å². The molecule has 0 amide bonds. The lowest BCUT2D eigenvalue weighted by Crippen LogP contribution is -2.44. The van der Waals surface area contributed by atoms with Gasteiger partial charge in [-0.1, -0.05) is 35.3 Å². The van der Waals surface area contributed by atoms with Crippen LogP contribution in [-0.4, -0.2) is 43.3 Å². The molecule has 2 heterocycles. The highest BCUT2D eigenvalue weighted by Gasteiger charge is 2.19. The monoisotopic (exact) mass is 388 g/mol. The lowest BCUT2D eigenvalue weighted by molar-refractivity contribution is 0.381. The van der Waals surface area contributed by atoms with Crippen LogP contribution in [0.15, 0.2) is 36.4 Å². The Morgan fingerprint density at radius 2 is 1.77 bits per heavy atom. The fourth-order valence-corrected chi connectivity index (χ4v) is 3.57. The fraction of sp³-hybridized carbons (Fsp3) is 0.263. The van der Waals surface area contributed by atoms with Gasteiger partial charge in [0.1, 0.15) is 5.82 Å². The number of methoxy groups -OCH3 is 1. The van der Waals surface area contributed by atoms with Crippen molar-refractivity contribution in [3.63, 3.8) is 0 Å². The zero-order chi connectivity index (χ0) is 18.1. The number of nitrogens with one attached hydrogen (secondary N) is 1. The van der Waals surface area contributed by atoms with Crippen molar-refractivity contribution in [1.29, 1.82) is 0 Å². The Balaban J connectivity index is 1.90. The predicted molar refractivity (Wildman–Crippen MR) is 107 cm³/mol. The average Bonchev–Trinajstić information content (AvgIpc) is 2.68. The molecule has 0 aliphatic carbocycles. The molecule has 3 aromatic rings. The van der Waals surface area contributed by atoms with Crippen molar-refractivity contribution in [1.82, 2.24) is 15.3 Å². The molecule has 4 rings (SSSR count). The van der Waals surface area contributed by atoms with Crippen LogP contribution in [0.25, 0.3) is 22.0 Å². The van der Waals surface area contributed by atoms with Crippen LogP contribution in [-0.2, 0) is 0 Å². The van der Waals surface area contributed by atoms with Crippen LogP contribution in [0.4, 0.5) is 5.82 Å². The van der Waals surface area contributed by atoms with Gasteiger partial charge in [-0.2, -0.15) is 9.97 Å². The van der Waals surface area contributed by atoms with Crippen LogP contribution < -0.4 is 15.0 Å². The van der Waals surface area contributed by atoms with Gasteiger partial charge < -0.3 is 15.0 Å². The number of rotatable bonds is 3. The minimum absolute atomic E-state index is 0.348. The van der Waals surface area contributed by atoms with E-state index < -0.39 is 0 Å². The highest BCUT2D eigenvalue weighted by atomic mass is 35.5. The second-order valence-electron chi connectivity index (χ2n) is 6.13. The lowest BCUT2D eigenvalue weighted by Gasteiger charge is -2.29. The Hall–Kier alpha value is -2.08. The Labute approximate surface area is 161 Å². The first kappa shape index (κ1) is 17.3. The molecular formula is C19H18Cl2N4O. The minimum Gasteiger partial charge on any atom is -0.467 e. The summed E-state index contributed by atoms with van der Waals surface area (Å²) in [5.41, 5.74) is 2.71. The van der Waals surface area contributed by atoms with Crippen molar-refractivity contribution in [2.75, 3.05) is 38.2 Å². The number of ether oxygens (including phenoxy) is 1. The second kappa shape index (κ2) is 7.27. The number of fused-ring (bicyclic) bond motifs is 1. The van der Waals surface area contributed by atoms with Crippen molar-refractivity contribution < 1.29 is 4.74 Å². The summed E-state index contributed by atoms with van der Waals surface area (Å²) in [6.45, 7) is 3.61. The molecule has 0 bridgehead atoms. The summed E-state index contributed by atoms with van der Waals surface area (Å²) in [5.74, 6) is 0.875. The van der Waals surface area contributed by atoms with Gasteiger partial charge >= 0.3 is 6.01 Å². The third-order valence-electron chi connectivity index (χ3n) is 4.50. The van der Waals surface area contributed by atoms with Crippen molar-refractivity contribution in [3.8, 4) is 17.1 Å². The Kier molecular flexibility index (Phi) is 4.85. The predicted octanol–water partition coefficient (Wildman–Crippen LogP) is 4.02. The molecule has 0 saturated carbocycles. The maximum atomic E-state index is 6.55. The quantitative estimate of drug-likeness (QED) is 0.733. The first-order valence-electron chi connectivity index (χ1n) is 8.42. The van der Waals surface area contributed by atoms with E-state index in [1.165, 1.54) is 0 Å². The van der Waals surface area contributed by atoms with Crippen molar-refractivity contribution in [2.45, 2.75) is 0 Å². The average molecular weight is 389 g/mol. The zero-order valence-electron chi connectivity index (χ0n) is 14.3. The number of piperazine rings is 1. The molecule has 5 nitrogen and oxygen atoms in total. The maximum Gasteiger partial charge on any atom is 0.318 e. The highest BCUT2D eigenvalue weighted by molar-refractivity contribution is 6.34. The molecule has 1 N–H and O–H groups in total. The van der Waals surface area contributed by atoms with Gasteiger partial charge in [0.15, 0.2) is 0 Å². The molecule has 26 heavy (non-hydrogen) atoms. The van der Waals surface area contributed by atoms with E-state index >= 15 is 0 Å². The summed E-state index contributed by atoms with van der Waals surface area (Å²) in [4.78, 5) is 11.4. The fourth-order valence-electron chi connectivity index (χ4n) is 3.17. The molecule has 0 unspecified atom stereocenters. The zero-order valence-corrected chi connectivity index (χ0v) is 15.8.